The van der Waals surface area contributed by atoms with Crippen molar-refractivity contribution in [3.8, 4) is 5.75 Å². The first-order valence-corrected chi connectivity index (χ1v) is 9.08. The fraction of sp³-hybridized carbons (Fsp3) is 0.462. The lowest BCUT2D eigenvalue weighted by atomic mass is 10.2. The van der Waals surface area contributed by atoms with Crippen molar-refractivity contribution in [2.75, 3.05) is 19.1 Å². The summed E-state index contributed by atoms with van der Waals surface area (Å²) in [5.74, 6) is -1.00. The number of carboxylic acid groups (broad SMARTS) is 1. The van der Waals surface area contributed by atoms with Gasteiger partial charge in [-0.15, -0.1) is 0 Å². The van der Waals surface area contributed by atoms with Crippen molar-refractivity contribution in [3.63, 3.8) is 0 Å². The molecule has 0 heterocycles. The second-order valence-corrected chi connectivity index (χ2v) is 7.62. The Morgan fingerprint density at radius 3 is 2.57 bits per heavy atom. The van der Waals surface area contributed by atoms with Crippen LogP contribution in [0.4, 0.5) is 0 Å². The Kier molecular flexibility index (Phi) is 6.06. The predicted octanol–water partition coefficient (Wildman–Crippen LogP) is 1.85. The number of carbonyl (C=O) groups is 1. The van der Waals surface area contributed by atoms with Crippen LogP contribution >= 0.6 is 11.8 Å². The highest BCUT2D eigenvalue weighted by atomic mass is 32.2. The van der Waals surface area contributed by atoms with Gasteiger partial charge in [0.2, 0.25) is 10.0 Å². The zero-order valence-electron chi connectivity index (χ0n) is 12.1. The summed E-state index contributed by atoms with van der Waals surface area (Å²) >= 11 is 1.63. The Hall–Kier alpha value is -1.25. The average molecular weight is 333 g/mol. The molecule has 21 heavy (non-hydrogen) atoms. The molecule has 0 aliphatic rings. The quantitative estimate of drug-likeness (QED) is 0.791. The van der Waals surface area contributed by atoms with Gasteiger partial charge in [-0.3, -0.25) is 0 Å². The normalized spacial score (nSPS) is 13.3. The molecule has 0 saturated carbocycles. The number of hydrogen-bond donors (Lipinski definition) is 2. The molecule has 0 saturated heterocycles. The van der Waals surface area contributed by atoms with Crippen molar-refractivity contribution < 1.29 is 23.4 Å². The number of phenols is 1. The predicted molar refractivity (Wildman–Crippen MR) is 82.5 cm³/mol. The first kappa shape index (κ1) is 17.8. The summed E-state index contributed by atoms with van der Waals surface area (Å²) in [6.07, 6.45) is 2.64. The number of sulfonamides is 1. The zero-order chi connectivity index (χ0) is 16.2. The molecule has 0 aromatic heterocycles. The highest BCUT2D eigenvalue weighted by molar-refractivity contribution is 7.98. The molecule has 1 aromatic rings. The lowest BCUT2D eigenvalue weighted by molar-refractivity contribution is 0.0693. The summed E-state index contributed by atoms with van der Waals surface area (Å²) in [5, 5.41) is 18.4. The van der Waals surface area contributed by atoms with Gasteiger partial charge in [-0.2, -0.15) is 16.1 Å². The molecule has 118 valence electrons. The number of thioether (sulfide) groups is 1. The zero-order valence-corrected chi connectivity index (χ0v) is 13.7. The molecule has 1 unspecified atom stereocenters. The standard InChI is InChI=1S/C13H19NO5S2/c1-9(6-7-20-3)14(2)21(18,19)10-4-5-12(15)11(8-10)13(16)17/h4-5,8-9,15H,6-7H2,1-3H3,(H,16,17). The first-order valence-electron chi connectivity index (χ1n) is 6.25. The van der Waals surface area contributed by atoms with Gasteiger partial charge in [-0.25, -0.2) is 13.2 Å². The Morgan fingerprint density at radius 2 is 2.05 bits per heavy atom. The van der Waals surface area contributed by atoms with Crippen LogP contribution < -0.4 is 0 Å². The Balaban J connectivity index is 3.13. The maximum absolute atomic E-state index is 12.5. The molecule has 0 amide bonds. The second-order valence-electron chi connectivity index (χ2n) is 4.64. The molecule has 0 aliphatic heterocycles. The lowest BCUT2D eigenvalue weighted by Crippen LogP contribution is -2.35. The smallest absolute Gasteiger partial charge is 0.339 e. The summed E-state index contributed by atoms with van der Waals surface area (Å²) < 4.78 is 26.2. The van der Waals surface area contributed by atoms with Gasteiger partial charge in [0, 0.05) is 13.1 Å². The highest BCUT2D eigenvalue weighted by Crippen LogP contribution is 2.24. The minimum absolute atomic E-state index is 0.142. The fourth-order valence-electron chi connectivity index (χ4n) is 1.72. The highest BCUT2D eigenvalue weighted by Gasteiger charge is 2.26. The number of nitrogens with zero attached hydrogens (tertiary/aromatic N) is 1. The molecule has 0 aliphatic carbocycles. The molecular weight excluding hydrogens is 314 g/mol. The molecule has 1 rings (SSSR count). The second kappa shape index (κ2) is 7.15. The SMILES string of the molecule is CSCCC(C)N(C)S(=O)(=O)c1ccc(O)c(C(=O)O)c1. The van der Waals surface area contributed by atoms with Gasteiger partial charge in [-0.05, 0) is 43.6 Å². The van der Waals surface area contributed by atoms with Crippen LogP contribution in [0.5, 0.6) is 5.75 Å². The number of benzene rings is 1. The van der Waals surface area contributed by atoms with E-state index in [1.807, 2.05) is 6.26 Å². The minimum atomic E-state index is -3.79. The van der Waals surface area contributed by atoms with E-state index in [1.165, 1.54) is 17.4 Å². The molecule has 0 bridgehead atoms. The van der Waals surface area contributed by atoms with E-state index in [9.17, 15) is 18.3 Å². The molecule has 1 aromatic carbocycles. The number of hydrogen-bond acceptors (Lipinski definition) is 5. The van der Waals surface area contributed by atoms with E-state index < -0.39 is 27.3 Å². The summed E-state index contributed by atoms with van der Waals surface area (Å²) in [6.45, 7) is 1.80. The number of rotatable bonds is 7. The maximum atomic E-state index is 12.5. The molecule has 0 spiro atoms. The fourth-order valence-corrected chi connectivity index (χ4v) is 3.72. The van der Waals surface area contributed by atoms with Gasteiger partial charge in [0.15, 0.2) is 0 Å². The van der Waals surface area contributed by atoms with Crippen LogP contribution in [0.1, 0.15) is 23.7 Å². The van der Waals surface area contributed by atoms with E-state index in [0.717, 1.165) is 17.9 Å². The van der Waals surface area contributed by atoms with Crippen LogP contribution in [-0.4, -0.2) is 54.0 Å². The van der Waals surface area contributed by atoms with E-state index >= 15 is 0 Å². The number of carboxylic acids is 1. The van der Waals surface area contributed by atoms with Gasteiger partial charge in [0.05, 0.1) is 4.90 Å². The van der Waals surface area contributed by atoms with E-state index in [2.05, 4.69) is 0 Å². The minimum Gasteiger partial charge on any atom is -0.507 e. The molecule has 1 atom stereocenters. The molecule has 6 nitrogen and oxygen atoms in total. The van der Waals surface area contributed by atoms with Crippen LogP contribution in [0.2, 0.25) is 0 Å². The summed E-state index contributed by atoms with van der Waals surface area (Å²) in [7, 11) is -2.33. The van der Waals surface area contributed by atoms with Crippen molar-refractivity contribution in [3.05, 3.63) is 23.8 Å². The van der Waals surface area contributed by atoms with Crippen molar-refractivity contribution in [1.29, 1.82) is 0 Å². The molecule has 2 N–H and O–H groups in total. The molecular formula is C13H19NO5S2. The maximum Gasteiger partial charge on any atom is 0.339 e. The van der Waals surface area contributed by atoms with Crippen LogP contribution in [0.3, 0.4) is 0 Å². The van der Waals surface area contributed by atoms with Gasteiger partial charge in [-0.1, -0.05) is 0 Å². The van der Waals surface area contributed by atoms with Gasteiger partial charge in [0.25, 0.3) is 0 Å². The van der Waals surface area contributed by atoms with E-state index in [1.54, 1.807) is 18.7 Å². The molecule has 0 fully saturated rings. The summed E-state index contributed by atoms with van der Waals surface area (Å²) in [4.78, 5) is 10.8. The van der Waals surface area contributed by atoms with Crippen molar-refractivity contribution in [2.24, 2.45) is 0 Å². The van der Waals surface area contributed by atoms with Crippen molar-refractivity contribution >= 4 is 27.8 Å². The van der Waals surface area contributed by atoms with Crippen LogP contribution in [0.15, 0.2) is 23.1 Å². The number of aromatic carboxylic acids is 1. The third kappa shape index (κ3) is 4.12. The summed E-state index contributed by atoms with van der Waals surface area (Å²) in [5.41, 5.74) is -0.429. The van der Waals surface area contributed by atoms with Crippen molar-refractivity contribution in [1.82, 2.24) is 4.31 Å². The topological polar surface area (TPSA) is 94.9 Å². The molecule has 8 heteroatoms. The Morgan fingerprint density at radius 1 is 1.43 bits per heavy atom. The average Bonchev–Trinajstić information content (AvgIpc) is 2.43. The van der Waals surface area contributed by atoms with Gasteiger partial charge < -0.3 is 10.2 Å². The van der Waals surface area contributed by atoms with E-state index in [-0.39, 0.29) is 10.9 Å². The van der Waals surface area contributed by atoms with Crippen molar-refractivity contribution in [2.45, 2.75) is 24.3 Å². The Bertz CT molecular complexity index is 615. The van der Waals surface area contributed by atoms with Crippen LogP contribution in [0, 0.1) is 0 Å². The lowest BCUT2D eigenvalue weighted by Gasteiger charge is -2.24. The van der Waals surface area contributed by atoms with E-state index in [0.29, 0.717) is 6.42 Å². The number of aromatic hydroxyl groups is 1. The van der Waals surface area contributed by atoms with Gasteiger partial charge >= 0.3 is 5.97 Å². The molecule has 0 radical (unpaired) electrons. The van der Waals surface area contributed by atoms with Crippen LogP contribution in [-0.2, 0) is 10.0 Å². The van der Waals surface area contributed by atoms with Gasteiger partial charge in [0.1, 0.15) is 11.3 Å². The van der Waals surface area contributed by atoms with Crippen LogP contribution in [0.25, 0.3) is 0 Å². The monoisotopic (exact) mass is 333 g/mol. The third-order valence-electron chi connectivity index (χ3n) is 3.24. The largest absolute Gasteiger partial charge is 0.507 e. The summed E-state index contributed by atoms with van der Waals surface area (Å²) in [6, 6.07) is 3.06. The van der Waals surface area contributed by atoms with E-state index in [4.69, 9.17) is 5.11 Å². The third-order valence-corrected chi connectivity index (χ3v) is 5.85. The first-order chi connectivity index (χ1) is 9.71. The Labute approximate surface area is 128 Å².